The van der Waals surface area contributed by atoms with E-state index in [9.17, 15) is 4.39 Å². The maximum absolute atomic E-state index is 11.7. The van der Waals surface area contributed by atoms with Gasteiger partial charge in [0.15, 0.2) is 5.15 Å². The smallest absolute Gasteiger partial charge is 0.153 e. The lowest BCUT2D eigenvalue weighted by Gasteiger charge is -1.91. The van der Waals surface area contributed by atoms with Gasteiger partial charge in [-0.25, -0.2) is 4.39 Å². The third-order valence-corrected chi connectivity index (χ3v) is 1.57. The number of nitrogens with zero attached hydrogens (tertiary/aromatic N) is 2. The Kier molecular flexibility index (Phi) is 5.72. The monoisotopic (exact) mass is 192 g/mol. The van der Waals surface area contributed by atoms with Crippen LogP contribution >= 0.6 is 11.6 Å². The quantitative estimate of drug-likeness (QED) is 0.705. The molecule has 2 nitrogen and oxygen atoms in total. The topological polar surface area (TPSA) is 17.8 Å². The molecule has 0 aliphatic carbocycles. The molecule has 1 heterocycles. The molecule has 70 valence electrons. The minimum absolute atomic E-state index is 0.285. The molecule has 1 aromatic heterocycles. The van der Waals surface area contributed by atoms with Gasteiger partial charge in [-0.05, 0) is 6.92 Å². The van der Waals surface area contributed by atoms with Crippen LogP contribution < -0.4 is 0 Å². The van der Waals surface area contributed by atoms with Crippen molar-refractivity contribution in [2.75, 3.05) is 6.67 Å². The van der Waals surface area contributed by atoms with Gasteiger partial charge in [0.1, 0.15) is 6.67 Å². The third-order valence-electron chi connectivity index (χ3n) is 1.20. The fraction of sp³-hybridized carbons (Fsp3) is 0.625. The first-order valence-electron chi connectivity index (χ1n) is 3.99. The Bertz CT molecular complexity index is 203. The zero-order valence-corrected chi connectivity index (χ0v) is 8.40. The molecule has 0 fully saturated rings. The van der Waals surface area contributed by atoms with Crippen molar-refractivity contribution in [2.24, 2.45) is 0 Å². The second-order valence-electron chi connectivity index (χ2n) is 2.05. The Labute approximate surface area is 77.3 Å². The molecule has 0 atom stereocenters. The van der Waals surface area contributed by atoms with Gasteiger partial charge < -0.3 is 0 Å². The largest absolute Gasteiger partial charge is 0.268 e. The van der Waals surface area contributed by atoms with Crippen molar-refractivity contribution >= 4 is 11.6 Å². The zero-order valence-electron chi connectivity index (χ0n) is 7.64. The highest BCUT2D eigenvalue weighted by Crippen LogP contribution is 2.10. The number of rotatable bonds is 2. The summed E-state index contributed by atoms with van der Waals surface area (Å²) >= 11 is 5.61. The fourth-order valence-corrected chi connectivity index (χ4v) is 0.844. The van der Waals surface area contributed by atoms with E-state index in [0.29, 0.717) is 5.15 Å². The highest BCUT2D eigenvalue weighted by molar-refractivity contribution is 6.30. The first-order valence-corrected chi connectivity index (χ1v) is 4.37. The third kappa shape index (κ3) is 3.22. The van der Waals surface area contributed by atoms with E-state index in [1.54, 1.807) is 6.20 Å². The maximum atomic E-state index is 11.7. The minimum Gasteiger partial charge on any atom is -0.268 e. The van der Waals surface area contributed by atoms with Crippen molar-refractivity contribution < 1.29 is 4.39 Å². The van der Waals surface area contributed by atoms with Crippen molar-refractivity contribution in [2.45, 2.75) is 27.3 Å². The molecule has 0 bridgehead atoms. The summed E-state index contributed by atoms with van der Waals surface area (Å²) in [6.07, 6.45) is 1.72. The maximum Gasteiger partial charge on any atom is 0.153 e. The van der Waals surface area contributed by atoms with Crippen LogP contribution in [0.5, 0.6) is 0 Å². The van der Waals surface area contributed by atoms with E-state index in [0.717, 1.165) is 5.56 Å². The van der Waals surface area contributed by atoms with Crippen LogP contribution in [0.4, 0.5) is 4.39 Å². The Morgan fingerprint density at radius 1 is 1.58 bits per heavy atom. The molecule has 0 aromatic carbocycles. The molecule has 12 heavy (non-hydrogen) atoms. The molecule has 0 unspecified atom stereocenters. The average molecular weight is 193 g/mol. The molecule has 0 amide bonds. The number of aromatic nitrogens is 2. The van der Waals surface area contributed by atoms with Crippen LogP contribution in [-0.4, -0.2) is 16.5 Å². The molecule has 1 aromatic rings. The Balaban J connectivity index is 0.000000561. The van der Waals surface area contributed by atoms with E-state index >= 15 is 0 Å². The molecule has 0 N–H and O–H groups in total. The van der Waals surface area contributed by atoms with Crippen molar-refractivity contribution in [1.29, 1.82) is 0 Å². The van der Waals surface area contributed by atoms with Gasteiger partial charge in [0.2, 0.25) is 0 Å². The zero-order chi connectivity index (χ0) is 9.56. The number of hydrogen-bond donors (Lipinski definition) is 0. The predicted octanol–water partition coefficient (Wildman–Crippen LogP) is 2.84. The van der Waals surface area contributed by atoms with Crippen molar-refractivity contribution in [3.8, 4) is 0 Å². The predicted molar refractivity (Wildman–Crippen MR) is 49.3 cm³/mol. The first kappa shape index (κ1) is 11.4. The highest BCUT2D eigenvalue weighted by atomic mass is 35.5. The molecule has 0 radical (unpaired) electrons. The van der Waals surface area contributed by atoms with Crippen LogP contribution in [0.2, 0.25) is 5.15 Å². The van der Waals surface area contributed by atoms with Gasteiger partial charge in [0.25, 0.3) is 0 Å². The van der Waals surface area contributed by atoms with Crippen LogP contribution in [0.3, 0.4) is 0 Å². The Hall–Kier alpha value is -0.570. The fourth-order valence-electron chi connectivity index (χ4n) is 0.698. The molecular formula is C8H14ClFN2. The van der Waals surface area contributed by atoms with E-state index in [2.05, 4.69) is 5.10 Å². The molecule has 0 saturated heterocycles. The summed E-state index contributed by atoms with van der Waals surface area (Å²) in [5.74, 6) is 0. The Morgan fingerprint density at radius 3 is 2.50 bits per heavy atom. The van der Waals surface area contributed by atoms with E-state index in [-0.39, 0.29) is 6.54 Å². The number of halogens is 2. The van der Waals surface area contributed by atoms with Crippen LogP contribution in [0.25, 0.3) is 0 Å². The summed E-state index contributed by atoms with van der Waals surface area (Å²) in [7, 11) is 0. The van der Waals surface area contributed by atoms with Crippen LogP contribution in [0, 0.1) is 6.92 Å². The first-order chi connectivity index (χ1) is 5.74. The van der Waals surface area contributed by atoms with E-state index in [4.69, 9.17) is 11.6 Å². The van der Waals surface area contributed by atoms with Crippen LogP contribution in [0.1, 0.15) is 19.4 Å². The summed E-state index contributed by atoms with van der Waals surface area (Å²) < 4.78 is 13.2. The van der Waals surface area contributed by atoms with Crippen LogP contribution in [-0.2, 0) is 6.54 Å². The van der Waals surface area contributed by atoms with Gasteiger partial charge in [-0.2, -0.15) is 5.10 Å². The number of aryl methyl sites for hydroxylation is 2. The molecule has 0 aliphatic heterocycles. The van der Waals surface area contributed by atoms with Gasteiger partial charge in [-0.15, -0.1) is 0 Å². The molecule has 1 rings (SSSR count). The van der Waals surface area contributed by atoms with Gasteiger partial charge in [0, 0.05) is 11.8 Å². The van der Waals surface area contributed by atoms with E-state index < -0.39 is 6.67 Å². The minimum atomic E-state index is -0.405. The summed E-state index contributed by atoms with van der Waals surface area (Å²) in [5, 5.41) is 4.29. The summed E-state index contributed by atoms with van der Waals surface area (Å²) in [4.78, 5) is 0. The SMILES string of the molecule is CC.Cc1cn(CCF)nc1Cl. The average Bonchev–Trinajstić information content (AvgIpc) is 2.36. The van der Waals surface area contributed by atoms with Crippen LogP contribution in [0.15, 0.2) is 6.20 Å². The lowest BCUT2D eigenvalue weighted by molar-refractivity contribution is 0.427. The summed E-state index contributed by atoms with van der Waals surface area (Å²) in [6.45, 7) is 5.72. The molecule has 4 heteroatoms. The number of hydrogen-bond acceptors (Lipinski definition) is 1. The van der Waals surface area contributed by atoms with Gasteiger partial charge in [-0.1, -0.05) is 25.4 Å². The van der Waals surface area contributed by atoms with Gasteiger partial charge in [-0.3, -0.25) is 4.68 Å². The highest BCUT2D eigenvalue weighted by Gasteiger charge is 1.99. The van der Waals surface area contributed by atoms with Crippen molar-refractivity contribution in [1.82, 2.24) is 9.78 Å². The summed E-state index contributed by atoms with van der Waals surface area (Å²) in [6, 6.07) is 0. The molecular weight excluding hydrogens is 179 g/mol. The standard InChI is InChI=1S/C6H8ClFN2.C2H6/c1-5-4-10(3-2-8)9-6(5)7;1-2/h4H,2-3H2,1H3;1-2H3. The Morgan fingerprint density at radius 2 is 2.17 bits per heavy atom. The van der Waals surface area contributed by atoms with E-state index in [1.807, 2.05) is 20.8 Å². The van der Waals surface area contributed by atoms with Gasteiger partial charge >= 0.3 is 0 Å². The normalized spacial score (nSPS) is 9.08. The molecule has 0 aliphatic rings. The van der Waals surface area contributed by atoms with Crippen molar-refractivity contribution in [3.05, 3.63) is 16.9 Å². The van der Waals surface area contributed by atoms with E-state index in [1.165, 1.54) is 4.68 Å². The lowest BCUT2D eigenvalue weighted by Crippen LogP contribution is -1.99. The second kappa shape index (κ2) is 6.00. The van der Waals surface area contributed by atoms with Gasteiger partial charge in [0.05, 0.1) is 6.54 Å². The summed E-state index contributed by atoms with van der Waals surface area (Å²) in [5.41, 5.74) is 0.884. The second-order valence-corrected chi connectivity index (χ2v) is 2.41. The lowest BCUT2D eigenvalue weighted by atomic mass is 10.4. The molecule has 0 saturated carbocycles. The molecule has 0 spiro atoms. The number of alkyl halides is 1. The van der Waals surface area contributed by atoms with Crippen molar-refractivity contribution in [3.63, 3.8) is 0 Å².